The summed E-state index contributed by atoms with van der Waals surface area (Å²) in [5.74, 6) is 1.67. The molecule has 1 aromatic rings. The minimum absolute atomic E-state index is 0. The molecule has 0 spiro atoms. The maximum atomic E-state index is 5.81. The molecule has 0 atom stereocenters. The second-order valence-corrected chi connectivity index (χ2v) is 10.1. The highest BCUT2D eigenvalue weighted by molar-refractivity contribution is 5.85. The van der Waals surface area contributed by atoms with E-state index < -0.39 is 0 Å². The van der Waals surface area contributed by atoms with Gasteiger partial charge in [0.25, 0.3) is 0 Å². The molecule has 172 valence electrons. The summed E-state index contributed by atoms with van der Waals surface area (Å²) in [6.07, 6.45) is 7.85. The van der Waals surface area contributed by atoms with Crippen molar-refractivity contribution in [2.75, 3.05) is 63.7 Å². The SMILES string of the molecule is CCCCN1CCN(c2cc(OC)c(N(C)C)cc2C2CCC(C)(C)CC2)CC1.Cl. The van der Waals surface area contributed by atoms with Crippen LogP contribution in [0.5, 0.6) is 5.75 Å². The Labute approximate surface area is 191 Å². The molecule has 1 saturated carbocycles. The number of halogens is 1. The van der Waals surface area contributed by atoms with Crippen LogP contribution in [0.1, 0.15) is 70.8 Å². The van der Waals surface area contributed by atoms with Crippen molar-refractivity contribution in [2.24, 2.45) is 5.41 Å². The average Bonchev–Trinajstić information content (AvgIpc) is 2.71. The molecule has 5 heteroatoms. The van der Waals surface area contributed by atoms with Crippen LogP contribution in [0.15, 0.2) is 12.1 Å². The second kappa shape index (κ2) is 10.9. The lowest BCUT2D eigenvalue weighted by Gasteiger charge is -2.40. The molecular formula is C25H44ClN3O. The molecule has 2 aliphatic rings. The van der Waals surface area contributed by atoms with Gasteiger partial charge >= 0.3 is 0 Å². The van der Waals surface area contributed by atoms with E-state index in [9.17, 15) is 0 Å². The van der Waals surface area contributed by atoms with Crippen LogP contribution in [0.25, 0.3) is 0 Å². The van der Waals surface area contributed by atoms with Crippen LogP contribution in [-0.4, -0.2) is 58.8 Å². The summed E-state index contributed by atoms with van der Waals surface area (Å²) in [6, 6.07) is 4.76. The van der Waals surface area contributed by atoms with E-state index in [1.165, 1.54) is 69.5 Å². The zero-order chi connectivity index (χ0) is 21.0. The Bertz CT molecular complexity index is 659. The molecule has 2 fully saturated rings. The molecule has 4 nitrogen and oxygen atoms in total. The molecule has 0 aromatic heterocycles. The van der Waals surface area contributed by atoms with Gasteiger partial charge in [-0.1, -0.05) is 27.2 Å². The van der Waals surface area contributed by atoms with Crippen LogP contribution in [0.3, 0.4) is 0 Å². The number of methoxy groups -OCH3 is 1. The molecule has 1 saturated heterocycles. The standard InChI is InChI=1S/C25H43N3O.ClH/c1-7-8-13-27-14-16-28(17-15-27)22-19-24(29-6)23(26(4)5)18-21(22)20-9-11-25(2,3)12-10-20;/h18-20H,7-17H2,1-6H3;1H. The maximum Gasteiger partial charge on any atom is 0.144 e. The summed E-state index contributed by atoms with van der Waals surface area (Å²) in [7, 11) is 6.05. The number of piperazine rings is 1. The van der Waals surface area contributed by atoms with Gasteiger partial charge in [0.05, 0.1) is 12.8 Å². The van der Waals surface area contributed by atoms with Crippen molar-refractivity contribution in [3.8, 4) is 5.75 Å². The third kappa shape index (κ3) is 5.97. The Morgan fingerprint density at radius 1 is 1.07 bits per heavy atom. The van der Waals surface area contributed by atoms with E-state index in [1.807, 2.05) is 0 Å². The first-order chi connectivity index (χ1) is 13.8. The van der Waals surface area contributed by atoms with E-state index in [-0.39, 0.29) is 12.4 Å². The Hall–Kier alpha value is -1.13. The summed E-state index contributed by atoms with van der Waals surface area (Å²) in [4.78, 5) is 7.45. The van der Waals surface area contributed by atoms with Crippen molar-refractivity contribution in [3.63, 3.8) is 0 Å². The zero-order valence-corrected chi connectivity index (χ0v) is 21.0. The molecule has 0 unspecified atom stereocenters. The van der Waals surface area contributed by atoms with Gasteiger partial charge in [0.1, 0.15) is 5.75 Å². The normalized spacial score (nSPS) is 20.0. The van der Waals surface area contributed by atoms with Crippen LogP contribution in [0, 0.1) is 5.41 Å². The third-order valence-corrected chi connectivity index (χ3v) is 7.13. The van der Waals surface area contributed by atoms with Crippen molar-refractivity contribution < 1.29 is 4.74 Å². The minimum Gasteiger partial charge on any atom is -0.495 e. The predicted octanol–water partition coefficient (Wildman–Crippen LogP) is 5.79. The molecule has 30 heavy (non-hydrogen) atoms. The fraction of sp³-hybridized carbons (Fsp3) is 0.760. The highest BCUT2D eigenvalue weighted by Gasteiger charge is 2.31. The number of unbranched alkanes of at least 4 members (excludes halogenated alkanes) is 1. The second-order valence-electron chi connectivity index (χ2n) is 10.1. The number of benzene rings is 1. The Morgan fingerprint density at radius 2 is 1.70 bits per heavy atom. The van der Waals surface area contributed by atoms with Crippen LogP contribution in [0.2, 0.25) is 0 Å². The van der Waals surface area contributed by atoms with E-state index in [1.54, 1.807) is 12.7 Å². The molecule has 1 aliphatic heterocycles. The van der Waals surface area contributed by atoms with Crippen molar-refractivity contribution in [2.45, 2.75) is 65.2 Å². The molecule has 1 aliphatic carbocycles. The van der Waals surface area contributed by atoms with E-state index in [0.29, 0.717) is 11.3 Å². The van der Waals surface area contributed by atoms with Gasteiger partial charge in [-0.15, -0.1) is 12.4 Å². The molecule has 0 N–H and O–H groups in total. The van der Waals surface area contributed by atoms with Crippen LogP contribution >= 0.6 is 12.4 Å². The number of hydrogen-bond acceptors (Lipinski definition) is 4. The number of anilines is 2. The largest absolute Gasteiger partial charge is 0.495 e. The van der Waals surface area contributed by atoms with Gasteiger partial charge in [-0.25, -0.2) is 0 Å². The number of hydrogen-bond donors (Lipinski definition) is 0. The predicted molar refractivity (Wildman–Crippen MR) is 133 cm³/mol. The van der Waals surface area contributed by atoms with Gasteiger partial charge in [0, 0.05) is 52.0 Å². The zero-order valence-electron chi connectivity index (χ0n) is 20.2. The first-order valence-electron chi connectivity index (χ1n) is 11.7. The van der Waals surface area contributed by atoms with Gasteiger partial charge in [-0.05, 0) is 61.6 Å². The van der Waals surface area contributed by atoms with Gasteiger partial charge in [0.2, 0.25) is 0 Å². The summed E-state index contributed by atoms with van der Waals surface area (Å²) in [5, 5.41) is 0. The maximum absolute atomic E-state index is 5.81. The summed E-state index contributed by atoms with van der Waals surface area (Å²) in [5.41, 5.74) is 4.68. The summed E-state index contributed by atoms with van der Waals surface area (Å²) < 4.78 is 5.81. The quantitative estimate of drug-likeness (QED) is 0.537. The molecule has 0 radical (unpaired) electrons. The Morgan fingerprint density at radius 3 is 2.23 bits per heavy atom. The molecule has 0 bridgehead atoms. The molecule has 1 aromatic carbocycles. The summed E-state index contributed by atoms with van der Waals surface area (Å²) >= 11 is 0. The van der Waals surface area contributed by atoms with Crippen molar-refractivity contribution in [1.82, 2.24) is 4.90 Å². The van der Waals surface area contributed by atoms with Crippen LogP contribution in [-0.2, 0) is 0 Å². The third-order valence-electron chi connectivity index (χ3n) is 7.13. The average molecular weight is 438 g/mol. The number of rotatable bonds is 7. The Balaban J connectivity index is 0.00000320. The highest BCUT2D eigenvalue weighted by Crippen LogP contribution is 2.47. The molecular weight excluding hydrogens is 394 g/mol. The number of nitrogens with zero attached hydrogens (tertiary/aromatic N) is 3. The molecule has 0 amide bonds. The number of ether oxygens (including phenoxy) is 1. The first-order valence-corrected chi connectivity index (χ1v) is 11.7. The Kier molecular flexibility index (Phi) is 9.17. The van der Waals surface area contributed by atoms with Gasteiger partial charge < -0.3 is 14.5 Å². The van der Waals surface area contributed by atoms with Crippen molar-refractivity contribution >= 4 is 23.8 Å². The van der Waals surface area contributed by atoms with E-state index in [4.69, 9.17) is 4.74 Å². The van der Waals surface area contributed by atoms with Crippen LogP contribution < -0.4 is 14.5 Å². The van der Waals surface area contributed by atoms with Gasteiger partial charge in [-0.2, -0.15) is 0 Å². The van der Waals surface area contributed by atoms with Crippen molar-refractivity contribution in [3.05, 3.63) is 17.7 Å². The van der Waals surface area contributed by atoms with E-state index in [2.05, 4.69) is 61.7 Å². The highest BCUT2D eigenvalue weighted by atomic mass is 35.5. The van der Waals surface area contributed by atoms with E-state index >= 15 is 0 Å². The minimum atomic E-state index is 0. The topological polar surface area (TPSA) is 19.0 Å². The van der Waals surface area contributed by atoms with E-state index in [0.717, 1.165) is 18.8 Å². The lowest BCUT2D eigenvalue weighted by Crippen LogP contribution is -2.47. The summed E-state index contributed by atoms with van der Waals surface area (Å²) in [6.45, 7) is 13.0. The fourth-order valence-electron chi connectivity index (χ4n) is 4.99. The lowest BCUT2D eigenvalue weighted by molar-refractivity contribution is 0.224. The monoisotopic (exact) mass is 437 g/mol. The van der Waals surface area contributed by atoms with Crippen LogP contribution in [0.4, 0.5) is 11.4 Å². The van der Waals surface area contributed by atoms with Crippen molar-refractivity contribution in [1.29, 1.82) is 0 Å². The van der Waals surface area contributed by atoms with Gasteiger partial charge in [0.15, 0.2) is 0 Å². The smallest absolute Gasteiger partial charge is 0.144 e. The molecule has 1 heterocycles. The lowest BCUT2D eigenvalue weighted by atomic mass is 9.71. The fourth-order valence-corrected chi connectivity index (χ4v) is 4.99. The van der Waals surface area contributed by atoms with Gasteiger partial charge in [-0.3, -0.25) is 4.90 Å². The first kappa shape index (κ1) is 25.1. The molecule has 3 rings (SSSR count).